The van der Waals surface area contributed by atoms with Crippen molar-refractivity contribution in [3.05, 3.63) is 69.6 Å². The molecule has 5 rings (SSSR count). The fourth-order valence-corrected chi connectivity index (χ4v) is 6.89. The van der Waals surface area contributed by atoms with Crippen LogP contribution in [0.25, 0.3) is 0 Å². The first kappa shape index (κ1) is 49.4. The van der Waals surface area contributed by atoms with E-state index < -0.39 is 42.7 Å². The van der Waals surface area contributed by atoms with Crippen LogP contribution in [-0.4, -0.2) is 119 Å². The van der Waals surface area contributed by atoms with Crippen molar-refractivity contribution in [1.29, 1.82) is 0 Å². The summed E-state index contributed by atoms with van der Waals surface area (Å²) < 4.78 is 30.0. The van der Waals surface area contributed by atoms with Crippen LogP contribution in [0, 0.1) is 13.8 Å². The summed E-state index contributed by atoms with van der Waals surface area (Å²) in [5.41, 5.74) is 2.96. The number of nitrogens with two attached hydrogens (primary N) is 1. The van der Waals surface area contributed by atoms with E-state index in [0.717, 1.165) is 22.9 Å². The fourth-order valence-electron chi connectivity index (χ4n) is 6.55. The summed E-state index contributed by atoms with van der Waals surface area (Å²) >= 11 is 3.50. The van der Waals surface area contributed by atoms with Gasteiger partial charge in [0, 0.05) is 55.4 Å². The lowest BCUT2D eigenvalue weighted by molar-refractivity contribution is -0.195. The maximum atomic E-state index is 13.3. The number of nitrogens with one attached hydrogen (secondary N) is 4. The van der Waals surface area contributed by atoms with E-state index in [9.17, 15) is 34.2 Å². The van der Waals surface area contributed by atoms with Gasteiger partial charge in [0.25, 0.3) is 0 Å². The lowest BCUT2D eigenvalue weighted by Gasteiger charge is -2.32. The Balaban J connectivity index is 1.16. The minimum atomic E-state index is -1.27. The molecule has 3 aromatic rings. The number of hydrogen-bond acceptors (Lipinski definition) is 15. The van der Waals surface area contributed by atoms with Crippen molar-refractivity contribution in [2.24, 2.45) is 5.90 Å². The SMILES string of the molecule is Cc1cnc(NC(=O)Nc2cc(Br)c(C)cc2OCC2CN(C(=O)OCc3ccc(OC4CC(O)CC(C(=O)O)O4)c(CNC(=O)CCNC(=O)CCCCCON)c3)CCO2)cn1. The predicted octanol–water partition coefficient (Wildman–Crippen LogP) is 3.82. The molecule has 64 heavy (non-hydrogen) atoms. The van der Waals surface area contributed by atoms with Gasteiger partial charge in [-0.15, -0.1) is 0 Å². The number of carbonyl (C=O) groups is 5. The lowest BCUT2D eigenvalue weighted by atomic mass is 10.1. The first-order valence-corrected chi connectivity index (χ1v) is 21.6. The summed E-state index contributed by atoms with van der Waals surface area (Å²) in [6.45, 7) is 4.72. The number of aliphatic carboxylic acids is 1. The van der Waals surface area contributed by atoms with E-state index in [1.807, 2.05) is 6.92 Å². The number of morpholine rings is 1. The van der Waals surface area contributed by atoms with Crippen LogP contribution >= 0.6 is 15.9 Å². The molecule has 2 aliphatic rings. The largest absolute Gasteiger partial charge is 0.489 e. The second-order valence-electron chi connectivity index (χ2n) is 15.2. The number of nitrogens with zero attached hydrogens (tertiary/aromatic N) is 3. The zero-order valence-electron chi connectivity index (χ0n) is 35.6. The van der Waals surface area contributed by atoms with Gasteiger partial charge in [0.2, 0.25) is 18.1 Å². The Morgan fingerprint density at radius 3 is 2.55 bits per heavy atom. The quantitative estimate of drug-likeness (QED) is 0.0590. The van der Waals surface area contributed by atoms with Gasteiger partial charge in [-0.3, -0.25) is 19.9 Å². The Bertz CT molecular complexity index is 2060. The van der Waals surface area contributed by atoms with Crippen LogP contribution in [0.4, 0.5) is 21.1 Å². The molecule has 3 heterocycles. The Morgan fingerprint density at radius 2 is 1.78 bits per heavy atom. The zero-order chi connectivity index (χ0) is 46.0. The van der Waals surface area contributed by atoms with E-state index in [1.54, 1.807) is 37.3 Å². The van der Waals surface area contributed by atoms with Gasteiger partial charge in [-0.1, -0.05) is 28.4 Å². The first-order valence-electron chi connectivity index (χ1n) is 20.8. The van der Waals surface area contributed by atoms with Crippen molar-refractivity contribution in [2.75, 3.05) is 50.1 Å². The van der Waals surface area contributed by atoms with Crippen molar-refractivity contribution in [2.45, 2.75) is 96.5 Å². The van der Waals surface area contributed by atoms with E-state index in [-0.39, 0.29) is 88.6 Å². The molecule has 2 fully saturated rings. The van der Waals surface area contributed by atoms with Crippen LogP contribution in [-0.2, 0) is 46.6 Å². The lowest BCUT2D eigenvalue weighted by Crippen LogP contribution is -2.47. The Labute approximate surface area is 378 Å². The monoisotopic (exact) mass is 958 g/mol. The van der Waals surface area contributed by atoms with Gasteiger partial charge < -0.3 is 59.6 Å². The predicted molar refractivity (Wildman–Crippen MR) is 232 cm³/mol. The summed E-state index contributed by atoms with van der Waals surface area (Å²) in [6, 6.07) is 7.83. The molecule has 0 bridgehead atoms. The average Bonchev–Trinajstić information content (AvgIpc) is 3.26. The number of aliphatic hydroxyl groups is 1. The Morgan fingerprint density at radius 1 is 0.969 bits per heavy atom. The second-order valence-corrected chi connectivity index (χ2v) is 16.0. The van der Waals surface area contributed by atoms with Gasteiger partial charge in [0.05, 0.1) is 49.6 Å². The number of aliphatic hydroxyl groups excluding tert-OH is 1. The van der Waals surface area contributed by atoms with E-state index in [1.165, 1.54) is 17.3 Å². The Kier molecular flexibility index (Phi) is 19.3. The van der Waals surface area contributed by atoms with E-state index in [4.69, 9.17) is 29.6 Å². The molecule has 348 valence electrons. The maximum absolute atomic E-state index is 13.3. The summed E-state index contributed by atoms with van der Waals surface area (Å²) in [7, 11) is 0. The molecule has 0 spiro atoms. The number of urea groups is 1. The smallest absolute Gasteiger partial charge is 0.410 e. The van der Waals surface area contributed by atoms with E-state index in [2.05, 4.69) is 52.0 Å². The number of unbranched alkanes of at least 4 members (excludes halogenated alkanes) is 2. The summed E-state index contributed by atoms with van der Waals surface area (Å²) in [4.78, 5) is 77.0. The number of carboxylic acid groups (broad SMARTS) is 1. The number of amides is 5. The van der Waals surface area contributed by atoms with E-state index in [0.29, 0.717) is 47.7 Å². The topological polar surface area (TPSA) is 284 Å². The molecular weight excluding hydrogens is 904 g/mol. The van der Waals surface area contributed by atoms with Gasteiger partial charge in [0.15, 0.2) is 11.9 Å². The van der Waals surface area contributed by atoms with Gasteiger partial charge in [0.1, 0.15) is 30.8 Å². The van der Waals surface area contributed by atoms with Crippen LogP contribution in [0.5, 0.6) is 11.5 Å². The molecule has 0 radical (unpaired) electrons. The van der Waals surface area contributed by atoms with Gasteiger partial charge >= 0.3 is 18.1 Å². The number of aryl methyl sites for hydroxylation is 2. The normalized spacial score (nSPS) is 18.4. The molecule has 8 N–H and O–H groups in total. The van der Waals surface area contributed by atoms with E-state index >= 15 is 0 Å². The highest BCUT2D eigenvalue weighted by atomic mass is 79.9. The third kappa shape index (κ3) is 16.2. The first-order chi connectivity index (χ1) is 30.8. The number of ether oxygens (including phenoxy) is 5. The number of hydrogen-bond donors (Lipinski definition) is 7. The molecule has 22 heteroatoms. The highest BCUT2D eigenvalue weighted by molar-refractivity contribution is 9.10. The molecule has 21 nitrogen and oxygen atoms in total. The summed E-state index contributed by atoms with van der Waals surface area (Å²) in [6.07, 6.45) is 0.954. The van der Waals surface area contributed by atoms with Crippen LogP contribution in [0.1, 0.15) is 67.3 Å². The number of carbonyl (C=O) groups excluding carboxylic acids is 4. The highest BCUT2D eigenvalue weighted by Gasteiger charge is 2.34. The third-order valence-electron chi connectivity index (χ3n) is 9.96. The summed E-state index contributed by atoms with van der Waals surface area (Å²) in [5, 5.41) is 30.7. The molecule has 1 aromatic heterocycles. The maximum Gasteiger partial charge on any atom is 0.410 e. The minimum absolute atomic E-state index is 0.00652. The molecule has 2 aliphatic heterocycles. The van der Waals surface area contributed by atoms with Gasteiger partial charge in [-0.25, -0.2) is 25.3 Å². The molecule has 4 atom stereocenters. The number of halogens is 1. The Hall–Kier alpha value is -5.65. The van der Waals surface area contributed by atoms with Crippen molar-refractivity contribution in [1.82, 2.24) is 25.5 Å². The summed E-state index contributed by atoms with van der Waals surface area (Å²) in [5.74, 6) is 4.15. The molecule has 0 saturated carbocycles. The number of benzene rings is 2. The van der Waals surface area contributed by atoms with Crippen molar-refractivity contribution < 1.29 is 62.7 Å². The zero-order valence-corrected chi connectivity index (χ0v) is 37.2. The van der Waals surface area contributed by atoms with Crippen LogP contribution in [0.3, 0.4) is 0 Å². The average molecular weight is 960 g/mol. The molecule has 5 amide bonds. The van der Waals surface area contributed by atoms with Crippen LogP contribution in [0.15, 0.2) is 47.2 Å². The van der Waals surface area contributed by atoms with Gasteiger partial charge in [-0.05, 0) is 62.1 Å². The van der Waals surface area contributed by atoms with Crippen molar-refractivity contribution in [3.63, 3.8) is 0 Å². The van der Waals surface area contributed by atoms with Crippen LogP contribution in [0.2, 0.25) is 0 Å². The number of anilines is 2. The third-order valence-corrected chi connectivity index (χ3v) is 10.8. The van der Waals surface area contributed by atoms with Gasteiger partial charge in [-0.2, -0.15) is 0 Å². The number of carboxylic acids is 1. The molecule has 4 unspecified atom stereocenters. The standard InChI is InChI=1S/C42H55BrN8O13/c1-25-14-34(32(18-31(25)43)49-41(57)50-36-21-46-26(2)19-47-36)60-24-30-22-51(11-13-59-30)42(58)61-23-27-7-8-33(63-39-17-29(52)16-35(64-39)40(55)56)28(15-27)20-48-38(54)9-10-45-37(53)6-4-3-5-12-62-44/h7-8,14-15,18-19,21,29-30,35,39,52H,3-6,9-13,16-17,20,22-24,44H2,1-2H3,(H,45,53)(H,48,54)(H,55,56)(H2,47,49,50,57). The fraction of sp³-hybridized carbons (Fsp3) is 0.500. The number of aromatic nitrogens is 2. The second kappa shape index (κ2) is 25.0. The highest BCUT2D eigenvalue weighted by Crippen LogP contribution is 2.32. The van der Waals surface area contributed by atoms with Crippen molar-refractivity contribution in [3.8, 4) is 11.5 Å². The molecule has 2 aromatic carbocycles. The van der Waals surface area contributed by atoms with Crippen LogP contribution < -0.4 is 36.6 Å². The molecule has 2 saturated heterocycles. The molecule has 0 aliphatic carbocycles. The number of rotatable bonds is 21. The van der Waals surface area contributed by atoms with Crippen molar-refractivity contribution >= 4 is 57.3 Å². The molecular formula is C42H55BrN8O13. The minimum Gasteiger partial charge on any atom is -0.489 e.